The van der Waals surface area contributed by atoms with Crippen LogP contribution in [0.5, 0.6) is 17.2 Å². The highest BCUT2D eigenvalue weighted by molar-refractivity contribution is 9.10. The van der Waals surface area contributed by atoms with Crippen molar-refractivity contribution in [3.63, 3.8) is 0 Å². The first-order chi connectivity index (χ1) is 22.9. The molecule has 0 saturated heterocycles. The number of rotatable bonds is 13. The SMILES string of the molecule is CC(=O)N[C@H](C(=O)NC(=Cc1cc(OC(C)=O)c(OC(C)=O)c(OC(C)=O)c1)C(=O)N[C@@H](Cc1c[nH]c2cc(Br)ccc12)C(N)=O)C(C)C. The van der Waals surface area contributed by atoms with Gasteiger partial charge in [0.1, 0.15) is 17.8 Å². The Kier molecular flexibility index (Phi) is 12.8. The molecule has 0 bridgehead atoms. The minimum atomic E-state index is -1.26. The van der Waals surface area contributed by atoms with Crippen molar-refractivity contribution in [1.29, 1.82) is 0 Å². The topological polar surface area (TPSA) is 225 Å². The largest absolute Gasteiger partial charge is 0.423 e. The predicted molar refractivity (Wildman–Crippen MR) is 180 cm³/mol. The standard InChI is InChI=1S/C33H36BrN5O10/c1-15(2)29(37-16(3)40)33(46)39-26(9-20-10-27(47-17(4)41)30(49-19(6)43)28(11-20)48-18(5)42)32(45)38-25(31(35)44)12-21-14-36-24-13-22(34)7-8-23(21)24/h7-11,13-15,25,29,36H,12H2,1-6H3,(H2,35,44)(H,37,40)(H,38,45)(H,39,46)/t25-,29-/m0/s1. The van der Waals surface area contributed by atoms with Gasteiger partial charge in [-0.25, -0.2) is 0 Å². The number of benzene rings is 2. The molecule has 3 aromatic rings. The van der Waals surface area contributed by atoms with Crippen molar-refractivity contribution in [2.75, 3.05) is 0 Å². The number of nitrogens with two attached hydrogens (primary N) is 1. The Balaban J connectivity index is 2.14. The Labute approximate surface area is 289 Å². The highest BCUT2D eigenvalue weighted by Crippen LogP contribution is 2.40. The van der Waals surface area contributed by atoms with E-state index in [0.717, 1.165) is 42.2 Å². The second kappa shape index (κ2) is 16.5. The van der Waals surface area contributed by atoms with E-state index < -0.39 is 71.0 Å². The van der Waals surface area contributed by atoms with E-state index >= 15 is 0 Å². The summed E-state index contributed by atoms with van der Waals surface area (Å²) in [6, 6.07) is 5.52. The van der Waals surface area contributed by atoms with Crippen LogP contribution in [0.2, 0.25) is 0 Å². The molecule has 0 fully saturated rings. The molecule has 15 nitrogen and oxygen atoms in total. The van der Waals surface area contributed by atoms with Gasteiger partial charge >= 0.3 is 17.9 Å². The van der Waals surface area contributed by atoms with E-state index in [4.69, 9.17) is 19.9 Å². The summed E-state index contributed by atoms with van der Waals surface area (Å²) in [5, 5.41) is 8.35. The van der Waals surface area contributed by atoms with Crippen LogP contribution in [0.3, 0.4) is 0 Å². The van der Waals surface area contributed by atoms with Crippen LogP contribution in [0.4, 0.5) is 0 Å². The number of esters is 3. The van der Waals surface area contributed by atoms with Crippen LogP contribution in [0.25, 0.3) is 17.0 Å². The van der Waals surface area contributed by atoms with Gasteiger partial charge in [0.2, 0.25) is 23.5 Å². The van der Waals surface area contributed by atoms with Gasteiger partial charge in [0.15, 0.2) is 11.5 Å². The number of nitrogens with one attached hydrogen (secondary N) is 4. The third kappa shape index (κ3) is 10.8. The highest BCUT2D eigenvalue weighted by Gasteiger charge is 2.28. The molecular formula is C33H36BrN5O10. The average Bonchev–Trinajstić information content (AvgIpc) is 3.37. The van der Waals surface area contributed by atoms with E-state index in [-0.39, 0.29) is 23.5 Å². The number of hydrogen-bond donors (Lipinski definition) is 5. The molecule has 2 aromatic carbocycles. The molecule has 3 rings (SSSR count). The molecule has 0 spiro atoms. The van der Waals surface area contributed by atoms with E-state index in [1.54, 1.807) is 20.0 Å². The molecule has 1 heterocycles. The lowest BCUT2D eigenvalue weighted by Gasteiger charge is -2.23. The smallest absolute Gasteiger partial charge is 0.308 e. The van der Waals surface area contributed by atoms with Gasteiger partial charge < -0.3 is 40.9 Å². The number of primary amides is 1. The van der Waals surface area contributed by atoms with Crippen molar-refractivity contribution in [1.82, 2.24) is 20.9 Å². The maximum atomic E-state index is 13.8. The van der Waals surface area contributed by atoms with Gasteiger partial charge in [-0.15, -0.1) is 0 Å². The molecule has 0 aliphatic carbocycles. The highest BCUT2D eigenvalue weighted by atomic mass is 79.9. The minimum absolute atomic E-state index is 0.0191. The fourth-order valence-corrected chi connectivity index (χ4v) is 5.04. The van der Waals surface area contributed by atoms with E-state index in [0.29, 0.717) is 5.56 Å². The van der Waals surface area contributed by atoms with Gasteiger partial charge in [0.05, 0.1) is 0 Å². The lowest BCUT2D eigenvalue weighted by Crippen LogP contribution is -2.52. The number of aromatic nitrogens is 1. The molecule has 1 aromatic heterocycles. The molecular weight excluding hydrogens is 706 g/mol. The lowest BCUT2D eigenvalue weighted by molar-refractivity contribution is -0.135. The normalized spacial score (nSPS) is 12.4. The zero-order chi connectivity index (χ0) is 36.6. The molecule has 16 heteroatoms. The Morgan fingerprint density at radius 1 is 0.878 bits per heavy atom. The first-order valence-corrected chi connectivity index (χ1v) is 15.6. The van der Waals surface area contributed by atoms with Gasteiger partial charge in [-0.2, -0.15) is 0 Å². The molecule has 0 aliphatic rings. The van der Waals surface area contributed by atoms with Crippen molar-refractivity contribution < 1.29 is 47.8 Å². The minimum Gasteiger partial charge on any atom is -0.423 e. The fraction of sp³-hybridized carbons (Fsp3) is 0.303. The van der Waals surface area contributed by atoms with Crippen molar-refractivity contribution >= 4 is 74.4 Å². The number of ether oxygens (including phenoxy) is 3. The Morgan fingerprint density at radius 2 is 1.47 bits per heavy atom. The Hall–Kier alpha value is -5.51. The molecule has 6 N–H and O–H groups in total. The molecule has 4 amide bonds. The average molecular weight is 743 g/mol. The summed E-state index contributed by atoms with van der Waals surface area (Å²) in [6.45, 7) is 7.81. The van der Waals surface area contributed by atoms with Crippen molar-refractivity contribution in [2.45, 2.75) is 60.0 Å². The molecule has 0 unspecified atom stereocenters. The third-order valence-electron chi connectivity index (χ3n) is 6.72. The van der Waals surface area contributed by atoms with Crippen molar-refractivity contribution in [3.8, 4) is 17.2 Å². The zero-order valence-electron chi connectivity index (χ0n) is 27.5. The van der Waals surface area contributed by atoms with Gasteiger partial charge in [-0.1, -0.05) is 35.8 Å². The lowest BCUT2D eigenvalue weighted by atomic mass is 10.0. The summed E-state index contributed by atoms with van der Waals surface area (Å²) >= 11 is 3.40. The van der Waals surface area contributed by atoms with Gasteiger partial charge in [-0.05, 0) is 47.4 Å². The zero-order valence-corrected chi connectivity index (χ0v) is 29.1. The first kappa shape index (κ1) is 37.9. The van der Waals surface area contributed by atoms with Crippen molar-refractivity contribution in [3.05, 3.63) is 57.8 Å². The van der Waals surface area contributed by atoms with E-state index in [1.165, 1.54) is 19.1 Å². The third-order valence-corrected chi connectivity index (χ3v) is 7.21. The quantitative estimate of drug-likeness (QED) is 0.0978. The molecule has 0 aliphatic heterocycles. The van der Waals surface area contributed by atoms with Crippen LogP contribution in [0.1, 0.15) is 52.7 Å². The number of hydrogen-bond acceptors (Lipinski definition) is 10. The fourth-order valence-electron chi connectivity index (χ4n) is 4.68. The summed E-state index contributed by atoms with van der Waals surface area (Å²) in [7, 11) is 0. The number of fused-ring (bicyclic) bond motifs is 1. The number of aromatic amines is 1. The van der Waals surface area contributed by atoms with Crippen LogP contribution in [-0.2, 0) is 40.0 Å². The van der Waals surface area contributed by atoms with Crippen LogP contribution >= 0.6 is 15.9 Å². The van der Waals surface area contributed by atoms with E-state index in [2.05, 4.69) is 36.9 Å². The summed E-state index contributed by atoms with van der Waals surface area (Å²) in [4.78, 5) is 90.5. The van der Waals surface area contributed by atoms with Crippen LogP contribution < -0.4 is 35.9 Å². The maximum Gasteiger partial charge on any atom is 0.308 e. The monoisotopic (exact) mass is 741 g/mol. The Morgan fingerprint density at radius 3 is 1.98 bits per heavy atom. The second-order valence-electron chi connectivity index (χ2n) is 11.2. The molecule has 2 atom stereocenters. The molecule has 260 valence electrons. The van der Waals surface area contributed by atoms with Crippen LogP contribution in [0, 0.1) is 5.92 Å². The molecule has 0 radical (unpaired) electrons. The number of H-pyrrole nitrogens is 1. The number of amides is 4. The predicted octanol–water partition coefficient (Wildman–Crippen LogP) is 2.54. The number of carbonyl (C=O) groups excluding carboxylic acids is 7. The summed E-state index contributed by atoms with van der Waals surface area (Å²) in [6.07, 6.45) is 2.79. The first-order valence-electron chi connectivity index (χ1n) is 14.8. The summed E-state index contributed by atoms with van der Waals surface area (Å²) in [5.74, 6) is -7.08. The van der Waals surface area contributed by atoms with Crippen LogP contribution in [-0.4, -0.2) is 58.6 Å². The van der Waals surface area contributed by atoms with Crippen molar-refractivity contribution in [2.24, 2.45) is 11.7 Å². The molecule has 0 saturated carbocycles. The summed E-state index contributed by atoms with van der Waals surface area (Å²) < 4.78 is 16.4. The number of halogens is 1. The molecule has 49 heavy (non-hydrogen) atoms. The van der Waals surface area contributed by atoms with E-state index in [9.17, 15) is 33.6 Å². The van der Waals surface area contributed by atoms with Gasteiger partial charge in [0, 0.05) is 55.7 Å². The van der Waals surface area contributed by atoms with Gasteiger partial charge in [-0.3, -0.25) is 33.6 Å². The maximum absolute atomic E-state index is 13.8. The van der Waals surface area contributed by atoms with Gasteiger partial charge in [0.25, 0.3) is 5.91 Å². The second-order valence-corrected chi connectivity index (χ2v) is 12.1. The van der Waals surface area contributed by atoms with Crippen LogP contribution in [0.15, 0.2) is 46.7 Å². The summed E-state index contributed by atoms with van der Waals surface area (Å²) in [5.41, 5.74) is 6.72. The number of carbonyl (C=O) groups is 7. The Bertz CT molecular complexity index is 1810. The van der Waals surface area contributed by atoms with E-state index in [1.807, 2.05) is 18.2 Å².